The van der Waals surface area contributed by atoms with Gasteiger partial charge in [-0.25, -0.2) is 0 Å². The van der Waals surface area contributed by atoms with Gasteiger partial charge in [0.05, 0.1) is 6.54 Å². The molecule has 0 bridgehead atoms. The zero-order valence-electron chi connectivity index (χ0n) is 13.1. The topological polar surface area (TPSA) is 49.4 Å². The zero-order valence-corrected chi connectivity index (χ0v) is 13.8. The zero-order chi connectivity index (χ0) is 16.0. The predicted octanol–water partition coefficient (Wildman–Crippen LogP) is 2.85. The molecule has 0 saturated carbocycles. The summed E-state index contributed by atoms with van der Waals surface area (Å²) in [4.78, 5) is 25.6. The highest BCUT2D eigenvalue weighted by Gasteiger charge is 2.22. The van der Waals surface area contributed by atoms with Crippen LogP contribution in [-0.2, 0) is 16.1 Å². The van der Waals surface area contributed by atoms with Gasteiger partial charge in [0.25, 0.3) is 0 Å². The van der Waals surface area contributed by atoms with Crippen molar-refractivity contribution in [2.45, 2.75) is 34.2 Å². The molecule has 1 rings (SSSR count). The Balaban J connectivity index is 2.62. The van der Waals surface area contributed by atoms with E-state index in [4.69, 9.17) is 11.6 Å². The fourth-order valence-corrected chi connectivity index (χ4v) is 1.94. The number of likely N-dealkylation sites (N-methyl/N-ethyl adjacent to an activating group) is 1. The van der Waals surface area contributed by atoms with E-state index >= 15 is 0 Å². The van der Waals surface area contributed by atoms with Gasteiger partial charge in [-0.05, 0) is 18.6 Å². The van der Waals surface area contributed by atoms with Crippen LogP contribution in [0.1, 0.15) is 33.3 Å². The summed E-state index contributed by atoms with van der Waals surface area (Å²) in [5.41, 5.74) is 0.400. The minimum Gasteiger partial charge on any atom is -0.347 e. The van der Waals surface area contributed by atoms with Crippen LogP contribution in [0.25, 0.3) is 0 Å². The Morgan fingerprint density at radius 3 is 2.38 bits per heavy atom. The molecule has 1 aromatic rings. The van der Waals surface area contributed by atoms with Gasteiger partial charge in [-0.3, -0.25) is 9.59 Å². The molecule has 5 heteroatoms. The summed E-state index contributed by atoms with van der Waals surface area (Å²) >= 11 is 6.11. The van der Waals surface area contributed by atoms with Crippen molar-refractivity contribution < 1.29 is 9.59 Å². The molecule has 0 aliphatic carbocycles. The summed E-state index contributed by atoms with van der Waals surface area (Å²) < 4.78 is 0. The normalized spacial score (nSPS) is 11.1. The predicted molar refractivity (Wildman–Crippen MR) is 85.0 cm³/mol. The fraction of sp³-hybridized carbons (Fsp3) is 0.500. The van der Waals surface area contributed by atoms with Crippen molar-refractivity contribution in [3.8, 4) is 0 Å². The molecule has 0 spiro atoms. The maximum absolute atomic E-state index is 12.2. The first-order valence-electron chi connectivity index (χ1n) is 7.05. The number of hydrogen-bond donors (Lipinski definition) is 1. The first-order chi connectivity index (χ1) is 9.75. The van der Waals surface area contributed by atoms with Crippen molar-refractivity contribution in [2.75, 3.05) is 13.1 Å². The Morgan fingerprint density at radius 1 is 1.24 bits per heavy atom. The number of rotatable bonds is 5. The average Bonchev–Trinajstić information content (AvgIpc) is 2.42. The molecular weight excluding hydrogens is 288 g/mol. The molecule has 0 unspecified atom stereocenters. The Bertz CT molecular complexity index is 509. The first-order valence-corrected chi connectivity index (χ1v) is 7.43. The fourth-order valence-electron chi connectivity index (χ4n) is 1.74. The third kappa shape index (κ3) is 5.38. The molecule has 0 fully saturated rings. The van der Waals surface area contributed by atoms with Crippen LogP contribution in [0.2, 0.25) is 5.02 Å². The lowest BCUT2D eigenvalue weighted by Crippen LogP contribution is -2.43. The molecule has 0 aliphatic rings. The maximum Gasteiger partial charge on any atom is 0.242 e. The summed E-state index contributed by atoms with van der Waals surface area (Å²) in [7, 11) is 0. The number of benzene rings is 1. The lowest BCUT2D eigenvalue weighted by molar-refractivity contribution is -0.135. The van der Waals surface area contributed by atoms with Crippen molar-refractivity contribution >= 4 is 23.4 Å². The van der Waals surface area contributed by atoms with E-state index in [1.165, 1.54) is 0 Å². The molecule has 0 saturated heterocycles. The number of halogens is 1. The molecular formula is C16H23ClN2O2. The standard InChI is InChI=1S/C16H23ClN2O2/c1-5-19(11-12-8-6-7-9-13(12)17)14(20)10-18-15(21)16(2,3)4/h6-9H,5,10-11H2,1-4H3,(H,18,21). The molecule has 0 aliphatic heterocycles. The quantitative estimate of drug-likeness (QED) is 0.909. The van der Waals surface area contributed by atoms with E-state index in [2.05, 4.69) is 5.32 Å². The number of nitrogens with zero attached hydrogens (tertiary/aromatic N) is 1. The summed E-state index contributed by atoms with van der Waals surface area (Å²) in [6, 6.07) is 7.44. The monoisotopic (exact) mass is 310 g/mol. The second kappa shape index (κ2) is 7.46. The Labute approximate surface area is 131 Å². The lowest BCUT2D eigenvalue weighted by atomic mass is 9.96. The molecule has 0 heterocycles. The Hall–Kier alpha value is -1.55. The molecule has 0 radical (unpaired) electrons. The molecule has 21 heavy (non-hydrogen) atoms. The molecule has 1 aromatic carbocycles. The van der Waals surface area contributed by atoms with Crippen LogP contribution in [0.3, 0.4) is 0 Å². The second-order valence-corrected chi connectivity index (χ2v) is 6.34. The minimum absolute atomic E-state index is 0.00833. The molecule has 2 amide bonds. The van der Waals surface area contributed by atoms with Gasteiger partial charge in [-0.2, -0.15) is 0 Å². The van der Waals surface area contributed by atoms with Crippen LogP contribution in [-0.4, -0.2) is 29.8 Å². The van der Waals surface area contributed by atoms with E-state index < -0.39 is 5.41 Å². The summed E-state index contributed by atoms with van der Waals surface area (Å²) in [5, 5.41) is 3.32. The summed E-state index contributed by atoms with van der Waals surface area (Å²) in [5.74, 6) is -0.250. The maximum atomic E-state index is 12.2. The van der Waals surface area contributed by atoms with Crippen molar-refractivity contribution in [3.63, 3.8) is 0 Å². The highest BCUT2D eigenvalue weighted by atomic mass is 35.5. The van der Waals surface area contributed by atoms with Crippen LogP contribution in [0.15, 0.2) is 24.3 Å². The van der Waals surface area contributed by atoms with E-state index in [1.54, 1.807) is 11.0 Å². The van der Waals surface area contributed by atoms with Crippen LogP contribution >= 0.6 is 11.6 Å². The number of nitrogens with one attached hydrogen (secondary N) is 1. The van der Waals surface area contributed by atoms with Crippen molar-refractivity contribution in [1.29, 1.82) is 0 Å². The van der Waals surface area contributed by atoms with E-state index in [0.29, 0.717) is 18.1 Å². The highest BCUT2D eigenvalue weighted by molar-refractivity contribution is 6.31. The molecule has 4 nitrogen and oxygen atoms in total. The van der Waals surface area contributed by atoms with Crippen molar-refractivity contribution in [3.05, 3.63) is 34.9 Å². The van der Waals surface area contributed by atoms with E-state index in [0.717, 1.165) is 5.56 Å². The minimum atomic E-state index is -0.500. The molecule has 0 aromatic heterocycles. The third-order valence-corrected chi connectivity index (χ3v) is 3.50. The van der Waals surface area contributed by atoms with Gasteiger partial charge in [-0.15, -0.1) is 0 Å². The Morgan fingerprint density at radius 2 is 1.86 bits per heavy atom. The van der Waals surface area contributed by atoms with Gasteiger partial charge >= 0.3 is 0 Å². The molecule has 0 atom stereocenters. The van der Waals surface area contributed by atoms with Crippen molar-refractivity contribution in [2.24, 2.45) is 5.41 Å². The number of hydrogen-bond acceptors (Lipinski definition) is 2. The SMILES string of the molecule is CCN(Cc1ccccc1Cl)C(=O)CNC(=O)C(C)(C)C. The first kappa shape index (κ1) is 17.5. The van der Waals surface area contributed by atoms with Crippen molar-refractivity contribution in [1.82, 2.24) is 10.2 Å². The van der Waals surface area contributed by atoms with Gasteiger partial charge in [-0.1, -0.05) is 50.6 Å². The largest absolute Gasteiger partial charge is 0.347 e. The van der Waals surface area contributed by atoms with Crippen LogP contribution in [0.5, 0.6) is 0 Å². The van der Waals surface area contributed by atoms with Gasteiger partial charge in [0.1, 0.15) is 0 Å². The van der Waals surface area contributed by atoms with Gasteiger partial charge in [0, 0.05) is 23.5 Å². The average molecular weight is 311 g/mol. The molecule has 116 valence electrons. The Kier molecular flexibility index (Phi) is 6.21. The number of carbonyl (C=O) groups excluding carboxylic acids is 2. The van der Waals surface area contributed by atoms with Gasteiger partial charge < -0.3 is 10.2 Å². The highest BCUT2D eigenvalue weighted by Crippen LogP contribution is 2.17. The molecule has 1 N–H and O–H groups in total. The van der Waals surface area contributed by atoms with E-state index in [1.807, 2.05) is 45.9 Å². The van der Waals surface area contributed by atoms with E-state index in [-0.39, 0.29) is 18.4 Å². The smallest absolute Gasteiger partial charge is 0.242 e. The van der Waals surface area contributed by atoms with Gasteiger partial charge in [0.15, 0.2) is 0 Å². The lowest BCUT2D eigenvalue weighted by Gasteiger charge is -2.23. The van der Waals surface area contributed by atoms with Crippen LogP contribution < -0.4 is 5.32 Å². The third-order valence-electron chi connectivity index (χ3n) is 3.13. The van der Waals surface area contributed by atoms with Crippen LogP contribution in [0, 0.1) is 5.41 Å². The summed E-state index contributed by atoms with van der Waals surface area (Å²) in [6.45, 7) is 8.36. The number of carbonyl (C=O) groups is 2. The van der Waals surface area contributed by atoms with E-state index in [9.17, 15) is 9.59 Å². The van der Waals surface area contributed by atoms with Gasteiger partial charge in [0.2, 0.25) is 11.8 Å². The van der Waals surface area contributed by atoms with Crippen LogP contribution in [0.4, 0.5) is 0 Å². The second-order valence-electron chi connectivity index (χ2n) is 5.93. The number of amides is 2. The summed E-state index contributed by atoms with van der Waals surface area (Å²) in [6.07, 6.45) is 0.